The van der Waals surface area contributed by atoms with Crippen molar-refractivity contribution in [3.8, 4) is 0 Å². The fourth-order valence-corrected chi connectivity index (χ4v) is 2.58. The van der Waals surface area contributed by atoms with E-state index in [0.29, 0.717) is 24.7 Å². The molecule has 3 nitrogen and oxygen atoms in total. The van der Waals surface area contributed by atoms with E-state index in [4.69, 9.17) is 0 Å². The van der Waals surface area contributed by atoms with E-state index in [9.17, 15) is 15.3 Å². The lowest BCUT2D eigenvalue weighted by Gasteiger charge is -2.39. The molecule has 0 aromatic heterocycles. The Balaban J connectivity index is 2.45. The third-order valence-electron chi connectivity index (χ3n) is 4.10. The second-order valence-electron chi connectivity index (χ2n) is 6.68. The number of aliphatic hydroxyl groups excluding tert-OH is 1. The van der Waals surface area contributed by atoms with Crippen molar-refractivity contribution >= 4 is 0 Å². The highest BCUT2D eigenvalue weighted by Crippen LogP contribution is 2.37. The summed E-state index contributed by atoms with van der Waals surface area (Å²) in [7, 11) is 0. The molecule has 0 aliphatic heterocycles. The summed E-state index contributed by atoms with van der Waals surface area (Å²) in [6.45, 7) is 7.41. The van der Waals surface area contributed by atoms with Crippen molar-refractivity contribution in [2.24, 2.45) is 11.8 Å². The van der Waals surface area contributed by atoms with Gasteiger partial charge in [-0.25, -0.2) is 0 Å². The van der Waals surface area contributed by atoms with Gasteiger partial charge in [-0.2, -0.15) is 0 Å². The van der Waals surface area contributed by atoms with E-state index in [-0.39, 0.29) is 0 Å². The highest BCUT2D eigenvalue weighted by Gasteiger charge is 2.38. The maximum Gasteiger partial charge on any atom is 0.0877 e. The summed E-state index contributed by atoms with van der Waals surface area (Å²) in [5, 5.41) is 29.4. The number of rotatable bonds is 4. The van der Waals surface area contributed by atoms with Crippen LogP contribution < -0.4 is 0 Å². The third-order valence-corrected chi connectivity index (χ3v) is 4.10. The third kappa shape index (κ3) is 4.71. The minimum Gasteiger partial charge on any atom is -0.390 e. The van der Waals surface area contributed by atoms with Gasteiger partial charge in [0, 0.05) is 0 Å². The number of aliphatic hydroxyl groups is 3. The van der Waals surface area contributed by atoms with Crippen LogP contribution in [0.5, 0.6) is 0 Å². The van der Waals surface area contributed by atoms with Gasteiger partial charge in [-0.15, -0.1) is 0 Å². The van der Waals surface area contributed by atoms with E-state index in [1.807, 2.05) is 12.2 Å². The van der Waals surface area contributed by atoms with Gasteiger partial charge in [-0.05, 0) is 58.3 Å². The summed E-state index contributed by atoms with van der Waals surface area (Å²) >= 11 is 0. The van der Waals surface area contributed by atoms with Crippen LogP contribution in [0.2, 0.25) is 0 Å². The lowest BCUT2D eigenvalue weighted by Crippen LogP contribution is -2.45. The molecule has 0 bridgehead atoms. The Morgan fingerprint density at radius 3 is 2.56 bits per heavy atom. The molecule has 0 saturated heterocycles. The van der Waals surface area contributed by atoms with Crippen LogP contribution in [0.4, 0.5) is 0 Å². The minimum atomic E-state index is -0.918. The lowest BCUT2D eigenvalue weighted by molar-refractivity contribution is -0.104. The van der Waals surface area contributed by atoms with E-state index in [1.165, 1.54) is 0 Å². The molecule has 1 aliphatic rings. The van der Waals surface area contributed by atoms with E-state index in [1.54, 1.807) is 20.8 Å². The van der Waals surface area contributed by atoms with Crippen molar-refractivity contribution in [2.75, 3.05) is 0 Å². The Bertz CT molecular complexity index is 289. The number of hydrogen-bond donors (Lipinski definition) is 3. The summed E-state index contributed by atoms with van der Waals surface area (Å²) in [5.74, 6) is 0.918. The number of hydrogen-bond acceptors (Lipinski definition) is 3. The Kier molecular flexibility index (Phi) is 4.98. The summed E-state index contributed by atoms with van der Waals surface area (Å²) in [4.78, 5) is 0. The van der Waals surface area contributed by atoms with Gasteiger partial charge < -0.3 is 15.3 Å². The first kappa shape index (κ1) is 15.7. The van der Waals surface area contributed by atoms with Gasteiger partial charge in [-0.1, -0.05) is 19.1 Å². The van der Waals surface area contributed by atoms with Gasteiger partial charge in [0.05, 0.1) is 17.3 Å². The Morgan fingerprint density at radius 2 is 2.06 bits per heavy atom. The zero-order chi connectivity index (χ0) is 14.0. The van der Waals surface area contributed by atoms with Crippen LogP contribution in [0.15, 0.2) is 12.2 Å². The molecule has 1 saturated carbocycles. The first-order valence-corrected chi connectivity index (χ1v) is 6.92. The van der Waals surface area contributed by atoms with Crippen molar-refractivity contribution in [2.45, 2.75) is 70.7 Å². The molecule has 3 heteroatoms. The Morgan fingerprint density at radius 1 is 1.44 bits per heavy atom. The zero-order valence-corrected chi connectivity index (χ0v) is 12.1. The molecule has 1 rings (SSSR count). The molecule has 1 fully saturated rings. The van der Waals surface area contributed by atoms with E-state index in [0.717, 1.165) is 12.8 Å². The van der Waals surface area contributed by atoms with Crippen LogP contribution in [-0.4, -0.2) is 32.6 Å². The van der Waals surface area contributed by atoms with Crippen molar-refractivity contribution in [3.63, 3.8) is 0 Å². The largest absolute Gasteiger partial charge is 0.390 e. The van der Waals surface area contributed by atoms with Crippen LogP contribution in [0, 0.1) is 11.8 Å². The molecule has 0 radical (unpaired) electrons. The van der Waals surface area contributed by atoms with Gasteiger partial charge in [0.1, 0.15) is 0 Å². The quantitative estimate of drug-likeness (QED) is 0.676. The normalized spacial score (nSPS) is 35.9. The van der Waals surface area contributed by atoms with Crippen molar-refractivity contribution in [3.05, 3.63) is 12.2 Å². The molecule has 4 unspecified atom stereocenters. The monoisotopic (exact) mass is 256 g/mol. The second-order valence-corrected chi connectivity index (χ2v) is 6.68. The maximum atomic E-state index is 9.93. The highest BCUT2D eigenvalue weighted by atomic mass is 16.3. The molecule has 106 valence electrons. The first-order valence-electron chi connectivity index (χ1n) is 6.92. The predicted molar refractivity (Wildman–Crippen MR) is 73.2 cm³/mol. The van der Waals surface area contributed by atoms with Crippen LogP contribution in [0.25, 0.3) is 0 Å². The summed E-state index contributed by atoms with van der Waals surface area (Å²) < 4.78 is 0. The molecular formula is C15H28O3. The summed E-state index contributed by atoms with van der Waals surface area (Å²) in [6, 6.07) is 0. The van der Waals surface area contributed by atoms with Gasteiger partial charge >= 0.3 is 0 Å². The predicted octanol–water partition coefficient (Wildman–Crippen LogP) is 2.25. The van der Waals surface area contributed by atoms with Crippen LogP contribution in [-0.2, 0) is 0 Å². The number of allylic oxidation sites excluding steroid dienone is 1. The van der Waals surface area contributed by atoms with Crippen molar-refractivity contribution in [1.29, 1.82) is 0 Å². The smallest absolute Gasteiger partial charge is 0.0877 e. The van der Waals surface area contributed by atoms with Crippen molar-refractivity contribution < 1.29 is 15.3 Å². The second kappa shape index (κ2) is 5.72. The van der Waals surface area contributed by atoms with Crippen molar-refractivity contribution in [1.82, 2.24) is 0 Å². The molecule has 18 heavy (non-hydrogen) atoms. The molecule has 0 heterocycles. The molecule has 1 aliphatic carbocycles. The van der Waals surface area contributed by atoms with Crippen LogP contribution in [0.3, 0.4) is 0 Å². The fraction of sp³-hybridized carbons (Fsp3) is 0.867. The molecular weight excluding hydrogens is 228 g/mol. The Labute approximate surface area is 111 Å². The van der Waals surface area contributed by atoms with E-state index in [2.05, 4.69) is 6.92 Å². The zero-order valence-electron chi connectivity index (χ0n) is 12.1. The molecule has 0 aromatic carbocycles. The fourth-order valence-electron chi connectivity index (χ4n) is 2.58. The summed E-state index contributed by atoms with van der Waals surface area (Å²) in [5.41, 5.74) is -1.67. The highest BCUT2D eigenvalue weighted by molar-refractivity contribution is 4.97. The molecule has 0 spiro atoms. The van der Waals surface area contributed by atoms with E-state index >= 15 is 0 Å². The molecule has 0 aromatic rings. The molecule has 4 atom stereocenters. The summed E-state index contributed by atoms with van der Waals surface area (Å²) in [6.07, 6.45) is 6.42. The molecule has 3 N–H and O–H groups in total. The minimum absolute atomic E-state index is 0.451. The Hall–Kier alpha value is -0.380. The van der Waals surface area contributed by atoms with Crippen LogP contribution >= 0.6 is 0 Å². The molecule has 0 amide bonds. The van der Waals surface area contributed by atoms with Gasteiger partial charge in [0.2, 0.25) is 0 Å². The average Bonchev–Trinajstić information content (AvgIpc) is 2.20. The van der Waals surface area contributed by atoms with Gasteiger partial charge in [0.15, 0.2) is 0 Å². The SMILES string of the molecule is CC(C/C=C/C(C)(C)O)C1CCC(C)(O)C(O)C1. The van der Waals surface area contributed by atoms with Gasteiger partial charge in [-0.3, -0.25) is 0 Å². The first-order chi connectivity index (χ1) is 8.12. The standard InChI is InChI=1S/C15H28O3/c1-11(6-5-8-14(2,3)17)12-7-9-15(4,18)13(16)10-12/h5,8,11-13,16-18H,6-7,9-10H2,1-4H3/b8-5+. The van der Waals surface area contributed by atoms with Gasteiger partial charge in [0.25, 0.3) is 0 Å². The van der Waals surface area contributed by atoms with Crippen LogP contribution in [0.1, 0.15) is 53.4 Å². The maximum absolute atomic E-state index is 9.93. The average molecular weight is 256 g/mol. The lowest BCUT2D eigenvalue weighted by atomic mass is 9.72. The van der Waals surface area contributed by atoms with E-state index < -0.39 is 17.3 Å². The topological polar surface area (TPSA) is 60.7 Å².